The fourth-order valence-corrected chi connectivity index (χ4v) is 4.10. The molecule has 3 heterocycles. The van der Waals surface area contributed by atoms with Crippen molar-refractivity contribution in [2.24, 2.45) is 5.92 Å². The predicted molar refractivity (Wildman–Crippen MR) is 100 cm³/mol. The molecule has 1 saturated heterocycles. The predicted octanol–water partition coefficient (Wildman–Crippen LogP) is 2.83. The van der Waals surface area contributed by atoms with E-state index in [2.05, 4.69) is 18.0 Å². The summed E-state index contributed by atoms with van der Waals surface area (Å²) in [6, 6.07) is 9.61. The van der Waals surface area contributed by atoms with Crippen molar-refractivity contribution in [3.8, 4) is 0 Å². The molecule has 1 aromatic carbocycles. The van der Waals surface area contributed by atoms with E-state index in [1.54, 1.807) is 24.5 Å². The van der Waals surface area contributed by atoms with E-state index in [4.69, 9.17) is 0 Å². The van der Waals surface area contributed by atoms with Gasteiger partial charge in [-0.15, -0.1) is 0 Å². The Morgan fingerprint density at radius 2 is 1.92 bits per heavy atom. The average Bonchev–Trinajstić information content (AvgIpc) is 3.13. The molecule has 0 radical (unpaired) electrons. The molecule has 134 valence electrons. The molecule has 26 heavy (non-hydrogen) atoms. The molecule has 0 spiro atoms. The Labute approximate surface area is 153 Å². The average molecular weight is 349 g/mol. The number of likely N-dealkylation sites (tertiary alicyclic amines) is 1. The molecule has 0 unspecified atom stereocenters. The van der Waals surface area contributed by atoms with Crippen LogP contribution in [0.4, 0.5) is 5.69 Å². The van der Waals surface area contributed by atoms with E-state index in [0.29, 0.717) is 18.7 Å². The van der Waals surface area contributed by atoms with Crippen molar-refractivity contribution in [3.05, 3.63) is 59.4 Å². The molecule has 0 aliphatic carbocycles. The smallest absolute Gasteiger partial charge is 0.253 e. The Morgan fingerprint density at radius 3 is 2.73 bits per heavy atom. The number of anilines is 1. The van der Waals surface area contributed by atoms with Crippen molar-refractivity contribution >= 4 is 17.5 Å². The maximum Gasteiger partial charge on any atom is 0.253 e. The Kier molecular flexibility index (Phi) is 4.45. The van der Waals surface area contributed by atoms with Crippen LogP contribution in [0.1, 0.15) is 34.3 Å². The van der Waals surface area contributed by atoms with Crippen molar-refractivity contribution < 1.29 is 9.59 Å². The highest BCUT2D eigenvalue weighted by molar-refractivity contribution is 5.98. The molecule has 1 fully saturated rings. The number of amides is 2. The van der Waals surface area contributed by atoms with Crippen LogP contribution >= 0.6 is 0 Å². The van der Waals surface area contributed by atoms with Gasteiger partial charge in [0, 0.05) is 43.3 Å². The zero-order chi connectivity index (χ0) is 18.1. The first-order valence-corrected chi connectivity index (χ1v) is 9.24. The van der Waals surface area contributed by atoms with Gasteiger partial charge in [-0.05, 0) is 55.5 Å². The van der Waals surface area contributed by atoms with Gasteiger partial charge in [0.15, 0.2) is 0 Å². The fourth-order valence-electron chi connectivity index (χ4n) is 4.10. The molecular weight excluding hydrogens is 326 g/mol. The lowest BCUT2D eigenvalue weighted by molar-refractivity contribution is -0.123. The summed E-state index contributed by atoms with van der Waals surface area (Å²) in [7, 11) is 0. The van der Waals surface area contributed by atoms with E-state index in [1.807, 2.05) is 21.9 Å². The van der Waals surface area contributed by atoms with Crippen LogP contribution in [-0.2, 0) is 11.2 Å². The maximum absolute atomic E-state index is 13.2. The lowest BCUT2D eigenvalue weighted by Gasteiger charge is -2.34. The van der Waals surface area contributed by atoms with Gasteiger partial charge in [-0.25, -0.2) is 0 Å². The maximum atomic E-state index is 13.2. The molecule has 1 aromatic heterocycles. The fraction of sp³-hybridized carbons (Fsp3) is 0.381. The standard InChI is InChI=1S/C21H23N3O2/c1-15-4-2-6-19-18(15)9-13-24(19)21(26)17-5-3-12-23(14-17)20(25)16-7-10-22-11-8-16/h2,4,6-8,10-11,17H,3,5,9,12-14H2,1H3/t17-/m1/s1. The van der Waals surface area contributed by atoms with Crippen LogP contribution in [0.15, 0.2) is 42.7 Å². The monoisotopic (exact) mass is 349 g/mol. The number of aryl methyl sites for hydroxylation is 1. The van der Waals surface area contributed by atoms with Crippen LogP contribution in [0.5, 0.6) is 0 Å². The van der Waals surface area contributed by atoms with Crippen LogP contribution < -0.4 is 4.90 Å². The zero-order valence-electron chi connectivity index (χ0n) is 15.0. The second-order valence-corrected chi connectivity index (χ2v) is 7.14. The third-order valence-electron chi connectivity index (χ3n) is 5.51. The summed E-state index contributed by atoms with van der Waals surface area (Å²) in [6.45, 7) is 4.05. The van der Waals surface area contributed by atoms with Crippen LogP contribution in [0.2, 0.25) is 0 Å². The van der Waals surface area contributed by atoms with Gasteiger partial charge in [0.2, 0.25) is 5.91 Å². The molecule has 5 heteroatoms. The Morgan fingerprint density at radius 1 is 1.12 bits per heavy atom. The van der Waals surface area contributed by atoms with E-state index < -0.39 is 0 Å². The Bertz CT molecular complexity index is 834. The highest BCUT2D eigenvalue weighted by Crippen LogP contribution is 2.32. The van der Waals surface area contributed by atoms with Crippen molar-refractivity contribution in [3.63, 3.8) is 0 Å². The minimum atomic E-state index is -0.124. The van der Waals surface area contributed by atoms with E-state index >= 15 is 0 Å². The highest BCUT2D eigenvalue weighted by atomic mass is 16.2. The summed E-state index contributed by atoms with van der Waals surface area (Å²) < 4.78 is 0. The number of carbonyl (C=O) groups is 2. The van der Waals surface area contributed by atoms with Crippen LogP contribution in [-0.4, -0.2) is 41.3 Å². The summed E-state index contributed by atoms with van der Waals surface area (Å²) in [5.74, 6) is 0.0187. The first kappa shape index (κ1) is 16.8. The second kappa shape index (κ2) is 6.90. The third kappa shape index (κ3) is 2.98. The van der Waals surface area contributed by atoms with Gasteiger partial charge in [0.25, 0.3) is 5.91 Å². The van der Waals surface area contributed by atoms with Crippen molar-refractivity contribution in [2.45, 2.75) is 26.2 Å². The number of rotatable bonds is 2. The van der Waals surface area contributed by atoms with Crippen LogP contribution in [0.25, 0.3) is 0 Å². The van der Waals surface area contributed by atoms with Gasteiger partial charge >= 0.3 is 0 Å². The largest absolute Gasteiger partial charge is 0.338 e. The Balaban J connectivity index is 1.50. The number of hydrogen-bond acceptors (Lipinski definition) is 3. The Hall–Kier alpha value is -2.69. The molecule has 5 nitrogen and oxygen atoms in total. The van der Waals surface area contributed by atoms with Crippen molar-refractivity contribution in [2.75, 3.05) is 24.5 Å². The lowest BCUT2D eigenvalue weighted by atomic mass is 9.95. The summed E-state index contributed by atoms with van der Waals surface area (Å²) >= 11 is 0. The number of hydrogen-bond donors (Lipinski definition) is 0. The topological polar surface area (TPSA) is 53.5 Å². The summed E-state index contributed by atoms with van der Waals surface area (Å²) in [5, 5.41) is 0. The lowest BCUT2D eigenvalue weighted by Crippen LogP contribution is -2.46. The number of benzene rings is 1. The minimum Gasteiger partial charge on any atom is -0.338 e. The molecular formula is C21H23N3O2. The quantitative estimate of drug-likeness (QED) is 0.838. The molecule has 0 saturated carbocycles. The molecule has 1 atom stereocenters. The molecule has 0 N–H and O–H groups in total. The zero-order valence-corrected chi connectivity index (χ0v) is 15.0. The van der Waals surface area contributed by atoms with Gasteiger partial charge in [0.05, 0.1) is 5.92 Å². The van der Waals surface area contributed by atoms with Crippen molar-refractivity contribution in [1.82, 2.24) is 9.88 Å². The molecule has 2 aliphatic rings. The van der Waals surface area contributed by atoms with Gasteiger partial charge in [-0.3, -0.25) is 14.6 Å². The molecule has 2 amide bonds. The summed E-state index contributed by atoms with van der Waals surface area (Å²) in [5.41, 5.74) is 4.21. The third-order valence-corrected chi connectivity index (χ3v) is 5.51. The van der Waals surface area contributed by atoms with E-state index in [0.717, 1.165) is 31.5 Å². The van der Waals surface area contributed by atoms with Gasteiger partial charge < -0.3 is 9.80 Å². The normalized spacial score (nSPS) is 19.3. The number of nitrogens with zero attached hydrogens (tertiary/aromatic N) is 3. The molecule has 4 rings (SSSR count). The highest BCUT2D eigenvalue weighted by Gasteiger charge is 2.34. The van der Waals surface area contributed by atoms with Gasteiger partial charge in [-0.1, -0.05) is 12.1 Å². The van der Waals surface area contributed by atoms with E-state index in [-0.39, 0.29) is 17.7 Å². The van der Waals surface area contributed by atoms with Gasteiger partial charge in [0.1, 0.15) is 0 Å². The molecule has 2 aromatic rings. The molecule has 0 bridgehead atoms. The van der Waals surface area contributed by atoms with Crippen LogP contribution in [0, 0.1) is 12.8 Å². The van der Waals surface area contributed by atoms with Gasteiger partial charge in [-0.2, -0.15) is 0 Å². The first-order valence-electron chi connectivity index (χ1n) is 9.24. The number of piperidine rings is 1. The second-order valence-electron chi connectivity index (χ2n) is 7.14. The summed E-state index contributed by atoms with van der Waals surface area (Å²) in [6.07, 6.45) is 5.88. The van der Waals surface area contributed by atoms with E-state index in [9.17, 15) is 9.59 Å². The number of fused-ring (bicyclic) bond motifs is 1. The van der Waals surface area contributed by atoms with Crippen molar-refractivity contribution in [1.29, 1.82) is 0 Å². The molecule has 2 aliphatic heterocycles. The van der Waals surface area contributed by atoms with E-state index in [1.165, 1.54) is 11.1 Å². The SMILES string of the molecule is Cc1cccc2c1CCN2C(=O)[C@@H]1CCCN(C(=O)c2ccncc2)C1. The number of pyridine rings is 1. The summed E-state index contributed by atoms with van der Waals surface area (Å²) in [4.78, 5) is 33.6. The minimum absolute atomic E-state index is 0.0115. The van der Waals surface area contributed by atoms with Crippen LogP contribution in [0.3, 0.4) is 0 Å². The number of carbonyl (C=O) groups excluding carboxylic acids is 2. The number of aromatic nitrogens is 1. The first-order chi connectivity index (χ1) is 12.6.